The van der Waals surface area contributed by atoms with Gasteiger partial charge in [0, 0.05) is 18.6 Å². The third-order valence-corrected chi connectivity index (χ3v) is 3.20. The van der Waals surface area contributed by atoms with E-state index >= 15 is 0 Å². The molecular formula is C11H21NO3. The van der Waals surface area contributed by atoms with E-state index in [-0.39, 0.29) is 17.6 Å². The van der Waals surface area contributed by atoms with Crippen molar-refractivity contribution in [2.24, 2.45) is 0 Å². The molecule has 1 aliphatic rings. The van der Waals surface area contributed by atoms with Crippen LogP contribution in [0.2, 0.25) is 0 Å². The van der Waals surface area contributed by atoms with Crippen molar-refractivity contribution < 1.29 is 14.3 Å². The molecule has 0 aromatic heterocycles. The molecule has 1 rings (SSSR count). The van der Waals surface area contributed by atoms with Gasteiger partial charge in [-0.15, -0.1) is 0 Å². The van der Waals surface area contributed by atoms with Crippen molar-refractivity contribution in [3.05, 3.63) is 0 Å². The molecule has 0 amide bonds. The molecule has 0 unspecified atom stereocenters. The highest BCUT2D eigenvalue weighted by Gasteiger charge is 2.35. The number of carbonyl (C=O) groups is 1. The van der Waals surface area contributed by atoms with Crippen molar-refractivity contribution in [2.75, 3.05) is 20.3 Å². The summed E-state index contributed by atoms with van der Waals surface area (Å²) in [7, 11) is 1.42. The van der Waals surface area contributed by atoms with Gasteiger partial charge >= 0.3 is 5.97 Å². The Hall–Kier alpha value is -0.610. The Bertz CT molecular complexity index is 220. The highest BCUT2D eigenvalue weighted by atomic mass is 16.5. The molecule has 0 bridgehead atoms. The Kier molecular flexibility index (Phi) is 4.54. The molecule has 1 fully saturated rings. The lowest BCUT2D eigenvalue weighted by atomic mass is 9.94. The van der Waals surface area contributed by atoms with E-state index in [0.29, 0.717) is 6.42 Å². The minimum absolute atomic E-state index is 0.0656. The molecule has 0 aromatic carbocycles. The fourth-order valence-electron chi connectivity index (χ4n) is 1.78. The zero-order valence-corrected chi connectivity index (χ0v) is 9.84. The maximum absolute atomic E-state index is 10.9. The van der Waals surface area contributed by atoms with Gasteiger partial charge < -0.3 is 14.8 Å². The second-order valence-corrected chi connectivity index (χ2v) is 4.29. The maximum atomic E-state index is 10.9. The van der Waals surface area contributed by atoms with Gasteiger partial charge in [0.1, 0.15) is 0 Å². The van der Waals surface area contributed by atoms with Crippen LogP contribution in [0, 0.1) is 0 Å². The van der Waals surface area contributed by atoms with Gasteiger partial charge in [0.05, 0.1) is 13.2 Å². The monoisotopic (exact) mass is 215 g/mol. The first-order valence-corrected chi connectivity index (χ1v) is 5.52. The Morgan fingerprint density at radius 3 is 2.93 bits per heavy atom. The van der Waals surface area contributed by atoms with Crippen LogP contribution in [0.5, 0.6) is 0 Å². The molecule has 1 N–H and O–H groups in total. The van der Waals surface area contributed by atoms with E-state index in [2.05, 4.69) is 23.9 Å². The summed E-state index contributed by atoms with van der Waals surface area (Å²) in [4.78, 5) is 10.9. The highest BCUT2D eigenvalue weighted by molar-refractivity contribution is 5.69. The van der Waals surface area contributed by atoms with Gasteiger partial charge in [-0.25, -0.2) is 0 Å². The minimum atomic E-state index is -0.141. The lowest BCUT2D eigenvalue weighted by molar-refractivity contribution is -0.140. The normalized spacial score (nSPS) is 30.5. The largest absolute Gasteiger partial charge is 0.469 e. The highest BCUT2D eigenvalue weighted by Crippen LogP contribution is 2.24. The second kappa shape index (κ2) is 5.47. The van der Waals surface area contributed by atoms with Crippen LogP contribution in [0.1, 0.15) is 33.1 Å². The van der Waals surface area contributed by atoms with Crippen molar-refractivity contribution >= 4 is 5.97 Å². The molecule has 0 radical (unpaired) electrons. The minimum Gasteiger partial charge on any atom is -0.469 e. The first kappa shape index (κ1) is 12.5. The smallest absolute Gasteiger partial charge is 0.305 e. The SMILES string of the molecule is COC(=O)CCCN[C@]1(C)CCO[C@@H]1C. The summed E-state index contributed by atoms with van der Waals surface area (Å²) in [5, 5.41) is 3.45. The van der Waals surface area contributed by atoms with Gasteiger partial charge in [0.15, 0.2) is 0 Å². The summed E-state index contributed by atoms with van der Waals surface area (Å²) in [6, 6.07) is 0. The van der Waals surface area contributed by atoms with Crippen LogP contribution in [0.4, 0.5) is 0 Å². The van der Waals surface area contributed by atoms with Crippen molar-refractivity contribution in [1.82, 2.24) is 5.32 Å². The summed E-state index contributed by atoms with van der Waals surface area (Å²) in [5.41, 5.74) is 0.0656. The number of ether oxygens (including phenoxy) is 2. The first-order valence-electron chi connectivity index (χ1n) is 5.52. The van der Waals surface area contributed by atoms with Crippen molar-refractivity contribution in [1.29, 1.82) is 0 Å². The first-order chi connectivity index (χ1) is 7.08. The molecule has 15 heavy (non-hydrogen) atoms. The Labute approximate surface area is 91.3 Å². The number of hydrogen-bond donors (Lipinski definition) is 1. The van der Waals surface area contributed by atoms with E-state index in [1.54, 1.807) is 0 Å². The van der Waals surface area contributed by atoms with Gasteiger partial charge in [0.25, 0.3) is 0 Å². The number of carbonyl (C=O) groups excluding carboxylic acids is 1. The quantitative estimate of drug-likeness (QED) is 0.551. The number of esters is 1. The van der Waals surface area contributed by atoms with Crippen LogP contribution in [-0.2, 0) is 14.3 Å². The van der Waals surface area contributed by atoms with E-state index in [1.165, 1.54) is 7.11 Å². The van der Waals surface area contributed by atoms with Crippen molar-refractivity contribution in [3.8, 4) is 0 Å². The van der Waals surface area contributed by atoms with Crippen LogP contribution in [0.3, 0.4) is 0 Å². The fraction of sp³-hybridized carbons (Fsp3) is 0.909. The predicted octanol–water partition coefficient (Wildman–Crippen LogP) is 1.10. The van der Waals surface area contributed by atoms with Crippen LogP contribution >= 0.6 is 0 Å². The summed E-state index contributed by atoms with van der Waals surface area (Å²) < 4.78 is 10.1. The molecule has 4 heteroatoms. The van der Waals surface area contributed by atoms with E-state index in [4.69, 9.17) is 4.74 Å². The topological polar surface area (TPSA) is 47.6 Å². The van der Waals surface area contributed by atoms with Gasteiger partial charge in [0.2, 0.25) is 0 Å². The Morgan fingerprint density at radius 1 is 1.67 bits per heavy atom. The summed E-state index contributed by atoms with van der Waals surface area (Å²) in [5.74, 6) is -0.141. The predicted molar refractivity (Wildman–Crippen MR) is 57.7 cm³/mol. The lowest BCUT2D eigenvalue weighted by Gasteiger charge is -2.29. The Morgan fingerprint density at radius 2 is 2.40 bits per heavy atom. The maximum Gasteiger partial charge on any atom is 0.305 e. The lowest BCUT2D eigenvalue weighted by Crippen LogP contribution is -2.48. The van der Waals surface area contributed by atoms with E-state index in [9.17, 15) is 4.79 Å². The molecule has 2 atom stereocenters. The van der Waals surface area contributed by atoms with Crippen molar-refractivity contribution in [2.45, 2.75) is 44.8 Å². The molecule has 1 aliphatic heterocycles. The number of hydrogen-bond acceptors (Lipinski definition) is 4. The molecule has 4 nitrogen and oxygen atoms in total. The zero-order valence-electron chi connectivity index (χ0n) is 9.84. The van der Waals surface area contributed by atoms with Gasteiger partial charge in [-0.2, -0.15) is 0 Å². The third-order valence-electron chi connectivity index (χ3n) is 3.20. The number of methoxy groups -OCH3 is 1. The summed E-state index contributed by atoms with van der Waals surface area (Å²) in [6.45, 7) is 5.91. The molecule has 0 spiro atoms. The van der Waals surface area contributed by atoms with Crippen LogP contribution in [-0.4, -0.2) is 37.9 Å². The standard InChI is InChI=1S/C11H21NO3/c1-9-11(2,6-8-15-9)12-7-4-5-10(13)14-3/h9,12H,4-8H2,1-3H3/t9-,11-/m1/s1. The average Bonchev–Trinajstić information content (AvgIpc) is 2.54. The number of nitrogens with one attached hydrogen (secondary N) is 1. The van der Waals surface area contributed by atoms with Gasteiger partial charge in [-0.3, -0.25) is 4.79 Å². The van der Waals surface area contributed by atoms with E-state index < -0.39 is 0 Å². The van der Waals surface area contributed by atoms with E-state index in [0.717, 1.165) is 26.0 Å². The molecule has 1 heterocycles. The van der Waals surface area contributed by atoms with Gasteiger partial charge in [-0.05, 0) is 33.2 Å². The zero-order chi connectivity index (χ0) is 11.3. The van der Waals surface area contributed by atoms with Crippen molar-refractivity contribution in [3.63, 3.8) is 0 Å². The third kappa shape index (κ3) is 3.47. The molecule has 0 aliphatic carbocycles. The molecule has 1 saturated heterocycles. The van der Waals surface area contributed by atoms with Crippen LogP contribution in [0.15, 0.2) is 0 Å². The average molecular weight is 215 g/mol. The molecular weight excluding hydrogens is 194 g/mol. The molecule has 0 aromatic rings. The van der Waals surface area contributed by atoms with E-state index in [1.807, 2.05) is 0 Å². The number of rotatable bonds is 5. The fourth-order valence-corrected chi connectivity index (χ4v) is 1.78. The Balaban J connectivity index is 2.17. The molecule has 88 valence electrons. The van der Waals surface area contributed by atoms with Gasteiger partial charge in [-0.1, -0.05) is 0 Å². The summed E-state index contributed by atoms with van der Waals surface area (Å²) in [6.07, 6.45) is 2.58. The second-order valence-electron chi connectivity index (χ2n) is 4.29. The molecule has 0 saturated carbocycles. The van der Waals surface area contributed by atoms with Crippen LogP contribution in [0.25, 0.3) is 0 Å². The summed E-state index contributed by atoms with van der Waals surface area (Å²) >= 11 is 0. The van der Waals surface area contributed by atoms with Crippen LogP contribution < -0.4 is 5.32 Å².